The Kier molecular flexibility index (Phi) is 7.07. The van der Waals surface area contributed by atoms with E-state index in [0.29, 0.717) is 11.7 Å². The molecule has 128 valence electrons. The van der Waals surface area contributed by atoms with Crippen molar-refractivity contribution in [2.75, 3.05) is 6.61 Å². The summed E-state index contributed by atoms with van der Waals surface area (Å²) >= 11 is 0. The van der Waals surface area contributed by atoms with Crippen molar-refractivity contribution in [3.05, 3.63) is 29.3 Å². The van der Waals surface area contributed by atoms with Gasteiger partial charge in [0.05, 0.1) is 0 Å². The van der Waals surface area contributed by atoms with Crippen molar-refractivity contribution in [3.8, 4) is 5.75 Å². The van der Waals surface area contributed by atoms with Gasteiger partial charge in [0.2, 0.25) is 5.91 Å². The minimum absolute atomic E-state index is 0.0102. The Bertz CT molecular complexity index is 555. The molecule has 0 fully saturated rings. The van der Waals surface area contributed by atoms with Crippen molar-refractivity contribution < 1.29 is 14.3 Å². The molecule has 0 aliphatic rings. The van der Waals surface area contributed by atoms with E-state index in [1.807, 2.05) is 39.0 Å². The molecule has 0 spiro atoms. The van der Waals surface area contributed by atoms with Gasteiger partial charge in [-0.05, 0) is 42.0 Å². The molecule has 0 aliphatic carbocycles. The SMILES string of the molecule is CCC(C)C(NC(=O)COc1ccc(C(C)C)c(C)c1)C(N)=O. The second-order valence-corrected chi connectivity index (χ2v) is 6.29. The maximum absolute atomic E-state index is 12.0. The van der Waals surface area contributed by atoms with Crippen LogP contribution >= 0.6 is 0 Å². The topological polar surface area (TPSA) is 81.4 Å². The van der Waals surface area contributed by atoms with Gasteiger partial charge in [-0.25, -0.2) is 0 Å². The summed E-state index contributed by atoms with van der Waals surface area (Å²) in [5.74, 6) is 0.203. The average Bonchev–Trinajstić information content (AvgIpc) is 2.49. The number of nitrogens with two attached hydrogens (primary N) is 1. The minimum Gasteiger partial charge on any atom is -0.484 e. The Balaban J connectivity index is 2.62. The Morgan fingerprint density at radius 1 is 1.26 bits per heavy atom. The molecule has 1 rings (SSSR count). The predicted molar refractivity (Wildman–Crippen MR) is 91.3 cm³/mol. The van der Waals surface area contributed by atoms with Gasteiger partial charge in [-0.3, -0.25) is 9.59 Å². The molecule has 0 aliphatic heterocycles. The van der Waals surface area contributed by atoms with E-state index in [4.69, 9.17) is 10.5 Å². The third kappa shape index (κ3) is 5.58. The van der Waals surface area contributed by atoms with Gasteiger partial charge >= 0.3 is 0 Å². The third-order valence-corrected chi connectivity index (χ3v) is 4.07. The Morgan fingerprint density at radius 2 is 1.91 bits per heavy atom. The molecule has 1 aromatic carbocycles. The smallest absolute Gasteiger partial charge is 0.258 e. The molecule has 2 atom stereocenters. The molecule has 3 N–H and O–H groups in total. The van der Waals surface area contributed by atoms with Crippen molar-refractivity contribution in [1.82, 2.24) is 5.32 Å². The van der Waals surface area contributed by atoms with E-state index in [2.05, 4.69) is 19.2 Å². The standard InChI is InChI=1S/C18H28N2O3/c1-6-12(4)17(18(19)22)20-16(21)10-23-14-7-8-15(11(2)3)13(5)9-14/h7-9,11-12,17H,6,10H2,1-5H3,(H2,19,22)(H,20,21). The molecular weight excluding hydrogens is 292 g/mol. The summed E-state index contributed by atoms with van der Waals surface area (Å²) in [6, 6.07) is 5.12. The molecule has 5 heteroatoms. The van der Waals surface area contributed by atoms with Gasteiger partial charge in [0, 0.05) is 0 Å². The number of amides is 2. The van der Waals surface area contributed by atoms with Crippen molar-refractivity contribution in [3.63, 3.8) is 0 Å². The summed E-state index contributed by atoms with van der Waals surface area (Å²) in [5, 5.41) is 2.64. The largest absolute Gasteiger partial charge is 0.484 e. The quantitative estimate of drug-likeness (QED) is 0.772. The van der Waals surface area contributed by atoms with Gasteiger partial charge in [-0.2, -0.15) is 0 Å². The number of ether oxygens (including phenoxy) is 1. The monoisotopic (exact) mass is 320 g/mol. The molecule has 0 saturated carbocycles. The van der Waals surface area contributed by atoms with Crippen LogP contribution in [0.25, 0.3) is 0 Å². The Morgan fingerprint density at radius 3 is 2.39 bits per heavy atom. The fraction of sp³-hybridized carbons (Fsp3) is 0.556. The highest BCUT2D eigenvalue weighted by Gasteiger charge is 2.23. The van der Waals surface area contributed by atoms with Gasteiger partial charge in [0.15, 0.2) is 6.61 Å². The van der Waals surface area contributed by atoms with E-state index in [9.17, 15) is 9.59 Å². The van der Waals surface area contributed by atoms with Crippen molar-refractivity contribution in [2.45, 2.75) is 53.0 Å². The molecule has 5 nitrogen and oxygen atoms in total. The molecule has 23 heavy (non-hydrogen) atoms. The van der Waals surface area contributed by atoms with Crippen LogP contribution < -0.4 is 15.8 Å². The molecule has 2 amide bonds. The summed E-state index contributed by atoms with van der Waals surface area (Å²) in [6.45, 7) is 9.98. The molecule has 0 aromatic heterocycles. The molecule has 0 saturated heterocycles. The fourth-order valence-electron chi connectivity index (χ4n) is 2.48. The number of hydrogen-bond donors (Lipinski definition) is 2. The number of benzene rings is 1. The number of carbonyl (C=O) groups is 2. The summed E-state index contributed by atoms with van der Waals surface area (Å²) in [4.78, 5) is 23.4. The van der Waals surface area contributed by atoms with Gasteiger partial charge < -0.3 is 15.8 Å². The Hall–Kier alpha value is -2.04. The van der Waals surface area contributed by atoms with Crippen LogP contribution in [0.4, 0.5) is 0 Å². The number of nitrogens with one attached hydrogen (secondary N) is 1. The molecule has 0 bridgehead atoms. The van der Waals surface area contributed by atoms with E-state index in [1.54, 1.807) is 0 Å². The van der Waals surface area contributed by atoms with E-state index < -0.39 is 11.9 Å². The lowest BCUT2D eigenvalue weighted by Gasteiger charge is -2.21. The van der Waals surface area contributed by atoms with E-state index >= 15 is 0 Å². The summed E-state index contributed by atoms with van der Waals surface area (Å²) in [5.41, 5.74) is 7.73. The molecule has 0 radical (unpaired) electrons. The average molecular weight is 320 g/mol. The van der Waals surface area contributed by atoms with Gasteiger partial charge in [0.1, 0.15) is 11.8 Å². The van der Waals surface area contributed by atoms with Crippen molar-refractivity contribution >= 4 is 11.8 Å². The zero-order valence-corrected chi connectivity index (χ0v) is 14.7. The first-order valence-electron chi connectivity index (χ1n) is 8.08. The van der Waals surface area contributed by atoms with Crippen LogP contribution in [-0.2, 0) is 9.59 Å². The normalized spacial score (nSPS) is 13.5. The lowest BCUT2D eigenvalue weighted by molar-refractivity contribution is -0.129. The van der Waals surface area contributed by atoms with Gasteiger partial charge in [0.25, 0.3) is 5.91 Å². The van der Waals surface area contributed by atoms with Crippen LogP contribution in [0.2, 0.25) is 0 Å². The molecule has 2 unspecified atom stereocenters. The molecule has 0 heterocycles. The van der Waals surface area contributed by atoms with E-state index in [1.165, 1.54) is 5.56 Å². The van der Waals surface area contributed by atoms with Crippen LogP contribution in [-0.4, -0.2) is 24.5 Å². The van der Waals surface area contributed by atoms with Gasteiger partial charge in [-0.1, -0.05) is 40.2 Å². The van der Waals surface area contributed by atoms with E-state index in [-0.39, 0.29) is 18.4 Å². The zero-order chi connectivity index (χ0) is 17.6. The molecule has 1 aromatic rings. The maximum atomic E-state index is 12.0. The van der Waals surface area contributed by atoms with E-state index in [0.717, 1.165) is 12.0 Å². The number of primary amides is 1. The van der Waals surface area contributed by atoms with Crippen LogP contribution in [0.15, 0.2) is 18.2 Å². The van der Waals surface area contributed by atoms with Crippen molar-refractivity contribution in [2.24, 2.45) is 11.7 Å². The highest BCUT2D eigenvalue weighted by atomic mass is 16.5. The number of aryl methyl sites for hydroxylation is 1. The first-order valence-corrected chi connectivity index (χ1v) is 8.08. The lowest BCUT2D eigenvalue weighted by atomic mass is 9.98. The fourth-order valence-corrected chi connectivity index (χ4v) is 2.48. The number of carbonyl (C=O) groups excluding carboxylic acids is 2. The predicted octanol–water partition coefficient (Wildman–Crippen LogP) is 2.51. The summed E-state index contributed by atoms with van der Waals surface area (Å²) in [7, 11) is 0. The third-order valence-electron chi connectivity index (χ3n) is 4.07. The summed E-state index contributed by atoms with van der Waals surface area (Å²) in [6.07, 6.45) is 0.755. The zero-order valence-electron chi connectivity index (χ0n) is 14.7. The van der Waals surface area contributed by atoms with Crippen LogP contribution in [0.1, 0.15) is 51.2 Å². The Labute approximate surface area is 138 Å². The summed E-state index contributed by atoms with van der Waals surface area (Å²) < 4.78 is 5.51. The highest BCUT2D eigenvalue weighted by molar-refractivity contribution is 5.87. The maximum Gasteiger partial charge on any atom is 0.258 e. The van der Waals surface area contributed by atoms with Crippen LogP contribution in [0, 0.1) is 12.8 Å². The first-order chi connectivity index (χ1) is 10.8. The number of hydrogen-bond acceptors (Lipinski definition) is 3. The second-order valence-electron chi connectivity index (χ2n) is 6.29. The number of rotatable bonds is 8. The highest BCUT2D eigenvalue weighted by Crippen LogP contribution is 2.23. The minimum atomic E-state index is -0.666. The van der Waals surface area contributed by atoms with Gasteiger partial charge in [-0.15, -0.1) is 0 Å². The van der Waals surface area contributed by atoms with Crippen LogP contribution in [0.3, 0.4) is 0 Å². The lowest BCUT2D eigenvalue weighted by Crippen LogP contribution is -2.49. The first kappa shape index (κ1) is 19.0. The second kappa shape index (κ2) is 8.56. The molecular formula is C18H28N2O3. The van der Waals surface area contributed by atoms with Crippen LogP contribution in [0.5, 0.6) is 5.75 Å². The van der Waals surface area contributed by atoms with Crippen molar-refractivity contribution in [1.29, 1.82) is 0 Å².